The van der Waals surface area contributed by atoms with Crippen LogP contribution in [-0.4, -0.2) is 46.8 Å². The zero-order valence-corrected chi connectivity index (χ0v) is 11.3. The lowest BCUT2D eigenvalue weighted by Crippen LogP contribution is -2.38. The Labute approximate surface area is 111 Å². The minimum atomic E-state index is -0.917. The highest BCUT2D eigenvalue weighted by Gasteiger charge is 2.22. The van der Waals surface area contributed by atoms with Gasteiger partial charge in [0, 0.05) is 13.6 Å². The van der Waals surface area contributed by atoms with Gasteiger partial charge in [-0.3, -0.25) is 4.79 Å². The van der Waals surface area contributed by atoms with Crippen LogP contribution in [-0.2, 0) is 4.79 Å². The first-order valence-electron chi connectivity index (χ1n) is 6.08. The van der Waals surface area contributed by atoms with Crippen LogP contribution in [0.1, 0.15) is 30.8 Å². The number of carbonyl (C=O) groups is 2. The number of carboxylic acid groups (broad SMARTS) is 1. The molecule has 1 heterocycles. The van der Waals surface area contributed by atoms with Gasteiger partial charge in [0.05, 0.1) is 0 Å². The minimum absolute atomic E-state index is 0.211. The van der Waals surface area contributed by atoms with Crippen molar-refractivity contribution in [2.24, 2.45) is 0 Å². The summed E-state index contributed by atoms with van der Waals surface area (Å²) in [6.07, 6.45) is 0.450. The molecular weight excluding hydrogens is 248 g/mol. The summed E-state index contributed by atoms with van der Waals surface area (Å²) >= 11 is 0. The lowest BCUT2D eigenvalue weighted by atomic mass is 10.2. The van der Waals surface area contributed by atoms with Crippen LogP contribution in [0.3, 0.4) is 0 Å². The van der Waals surface area contributed by atoms with Crippen molar-refractivity contribution in [3.05, 3.63) is 17.8 Å². The lowest BCUT2D eigenvalue weighted by molar-refractivity contribution is -0.138. The first-order chi connectivity index (χ1) is 9.01. The quantitative estimate of drug-likeness (QED) is 0.779. The maximum atomic E-state index is 11.5. The monoisotopic (exact) mass is 266 g/mol. The first kappa shape index (κ1) is 14.9. The first-order valence-corrected chi connectivity index (χ1v) is 6.08. The maximum absolute atomic E-state index is 11.5. The topological polar surface area (TPSA) is 95.4 Å². The summed E-state index contributed by atoms with van der Waals surface area (Å²) in [5, 5.41) is 19.4. The Morgan fingerprint density at radius 3 is 2.47 bits per heavy atom. The summed E-state index contributed by atoms with van der Waals surface area (Å²) in [5.74, 6) is -0.795. The van der Waals surface area contributed by atoms with Gasteiger partial charge in [0.25, 0.3) is 5.91 Å². The molecule has 0 bridgehead atoms. The predicted molar refractivity (Wildman–Crippen MR) is 70.2 cm³/mol. The third-order valence-corrected chi connectivity index (χ3v) is 2.72. The van der Waals surface area contributed by atoms with E-state index in [9.17, 15) is 9.59 Å². The van der Waals surface area contributed by atoms with Gasteiger partial charge in [-0.15, -0.1) is 10.2 Å². The zero-order valence-electron chi connectivity index (χ0n) is 11.3. The predicted octanol–water partition coefficient (Wildman–Crippen LogP) is 0.526. The third-order valence-electron chi connectivity index (χ3n) is 2.72. The van der Waals surface area contributed by atoms with E-state index in [-0.39, 0.29) is 11.6 Å². The number of rotatable bonds is 6. The van der Waals surface area contributed by atoms with Gasteiger partial charge in [-0.2, -0.15) is 0 Å². The summed E-state index contributed by atoms with van der Waals surface area (Å²) < 4.78 is 0. The Kier molecular flexibility index (Phi) is 5.23. The van der Waals surface area contributed by atoms with E-state index < -0.39 is 12.0 Å². The molecule has 1 rings (SSSR count). The number of nitrogens with one attached hydrogen (secondary N) is 1. The molecule has 0 spiro atoms. The molecule has 19 heavy (non-hydrogen) atoms. The normalized spacial score (nSPS) is 11.7. The van der Waals surface area contributed by atoms with Crippen molar-refractivity contribution >= 4 is 17.7 Å². The highest BCUT2D eigenvalue weighted by atomic mass is 16.4. The summed E-state index contributed by atoms with van der Waals surface area (Å²) in [7, 11) is 1.64. The number of carboxylic acids is 1. The number of aliphatic carboxylic acids is 1. The van der Waals surface area contributed by atoms with Gasteiger partial charge in [0.15, 0.2) is 11.5 Å². The van der Waals surface area contributed by atoms with Gasteiger partial charge < -0.3 is 15.3 Å². The van der Waals surface area contributed by atoms with Crippen LogP contribution in [0.25, 0.3) is 0 Å². The van der Waals surface area contributed by atoms with Crippen LogP contribution in [0, 0.1) is 0 Å². The van der Waals surface area contributed by atoms with E-state index in [0.29, 0.717) is 18.8 Å². The molecule has 1 unspecified atom stereocenters. The largest absolute Gasteiger partial charge is 0.480 e. The number of aromatic nitrogens is 2. The summed E-state index contributed by atoms with van der Waals surface area (Å²) in [6, 6.07) is 2.45. The minimum Gasteiger partial charge on any atom is -0.480 e. The third kappa shape index (κ3) is 3.64. The fourth-order valence-electron chi connectivity index (χ4n) is 1.66. The molecule has 2 N–H and O–H groups in total. The van der Waals surface area contributed by atoms with Gasteiger partial charge in [-0.25, -0.2) is 4.79 Å². The van der Waals surface area contributed by atoms with Gasteiger partial charge in [-0.05, 0) is 25.5 Å². The molecule has 104 valence electrons. The van der Waals surface area contributed by atoms with Crippen molar-refractivity contribution in [3.63, 3.8) is 0 Å². The van der Waals surface area contributed by atoms with Crippen molar-refractivity contribution in [1.82, 2.24) is 15.5 Å². The van der Waals surface area contributed by atoms with E-state index in [4.69, 9.17) is 5.11 Å². The Balaban J connectivity index is 2.86. The van der Waals surface area contributed by atoms with E-state index in [2.05, 4.69) is 15.5 Å². The number of nitrogens with zero attached hydrogens (tertiary/aromatic N) is 3. The second kappa shape index (κ2) is 6.67. The average molecular weight is 266 g/mol. The van der Waals surface area contributed by atoms with Gasteiger partial charge in [0.2, 0.25) is 0 Å². The zero-order chi connectivity index (χ0) is 14.4. The Hall–Kier alpha value is -2.18. The molecule has 0 saturated heterocycles. The fraction of sp³-hybridized carbons (Fsp3) is 0.500. The molecule has 7 nitrogen and oxygen atoms in total. The van der Waals surface area contributed by atoms with Crippen molar-refractivity contribution in [3.8, 4) is 0 Å². The number of hydrogen-bond donors (Lipinski definition) is 2. The number of likely N-dealkylation sites (N-methyl/N-ethyl adjacent to an activating group) is 1. The highest BCUT2D eigenvalue weighted by Crippen LogP contribution is 2.13. The molecule has 0 fully saturated rings. The SMILES string of the molecule is CCNC(=O)c1ccc(N(C)C(CC)C(=O)O)nn1. The van der Waals surface area contributed by atoms with Crippen molar-refractivity contribution in [2.45, 2.75) is 26.3 Å². The van der Waals surface area contributed by atoms with Crippen LogP contribution in [0.2, 0.25) is 0 Å². The summed E-state index contributed by atoms with van der Waals surface area (Å²) in [6.45, 7) is 4.11. The fourth-order valence-corrected chi connectivity index (χ4v) is 1.66. The molecule has 7 heteroatoms. The highest BCUT2D eigenvalue weighted by molar-refractivity contribution is 5.92. The van der Waals surface area contributed by atoms with Crippen LogP contribution < -0.4 is 10.2 Å². The van der Waals surface area contributed by atoms with Gasteiger partial charge in [-0.1, -0.05) is 6.92 Å². The molecular formula is C12H18N4O3. The van der Waals surface area contributed by atoms with E-state index in [1.807, 2.05) is 6.92 Å². The van der Waals surface area contributed by atoms with E-state index >= 15 is 0 Å². The molecule has 0 radical (unpaired) electrons. The number of amides is 1. The molecule has 1 aromatic heterocycles. The smallest absolute Gasteiger partial charge is 0.326 e. The lowest BCUT2D eigenvalue weighted by Gasteiger charge is -2.24. The number of anilines is 1. The van der Waals surface area contributed by atoms with Crippen LogP contribution in [0.4, 0.5) is 5.82 Å². The molecule has 0 aliphatic rings. The second-order valence-electron chi connectivity index (χ2n) is 4.01. The van der Waals surface area contributed by atoms with Crippen molar-refractivity contribution < 1.29 is 14.7 Å². The Bertz CT molecular complexity index is 447. The van der Waals surface area contributed by atoms with E-state index in [0.717, 1.165) is 0 Å². The molecule has 0 saturated carbocycles. The Morgan fingerprint density at radius 1 is 1.37 bits per heavy atom. The van der Waals surface area contributed by atoms with Crippen molar-refractivity contribution in [1.29, 1.82) is 0 Å². The van der Waals surface area contributed by atoms with Gasteiger partial charge >= 0.3 is 5.97 Å². The molecule has 0 aromatic carbocycles. The molecule has 0 aliphatic heterocycles. The summed E-state index contributed by atoms with van der Waals surface area (Å²) in [4.78, 5) is 24.1. The summed E-state index contributed by atoms with van der Waals surface area (Å²) in [5.41, 5.74) is 0.211. The van der Waals surface area contributed by atoms with E-state index in [1.54, 1.807) is 20.0 Å². The molecule has 0 aliphatic carbocycles. The van der Waals surface area contributed by atoms with Crippen LogP contribution in [0.15, 0.2) is 12.1 Å². The number of hydrogen-bond acceptors (Lipinski definition) is 5. The maximum Gasteiger partial charge on any atom is 0.326 e. The standard InChI is InChI=1S/C12H18N4O3/c1-4-9(12(18)19)16(3)10-7-6-8(14-15-10)11(17)13-5-2/h6-7,9H,4-5H2,1-3H3,(H,13,17)(H,18,19). The molecule has 1 amide bonds. The van der Waals surface area contributed by atoms with Crippen LogP contribution >= 0.6 is 0 Å². The molecule has 1 atom stereocenters. The van der Waals surface area contributed by atoms with Gasteiger partial charge in [0.1, 0.15) is 6.04 Å². The van der Waals surface area contributed by atoms with E-state index in [1.165, 1.54) is 11.0 Å². The van der Waals surface area contributed by atoms with Crippen molar-refractivity contribution in [2.75, 3.05) is 18.5 Å². The average Bonchev–Trinajstić information content (AvgIpc) is 2.39. The number of carbonyl (C=O) groups excluding carboxylic acids is 1. The molecule has 1 aromatic rings. The van der Waals surface area contributed by atoms with Crippen LogP contribution in [0.5, 0.6) is 0 Å². The Morgan fingerprint density at radius 2 is 2.05 bits per heavy atom. The second-order valence-corrected chi connectivity index (χ2v) is 4.01.